The number of aromatic nitrogens is 1. The number of aryl methyl sites for hydroxylation is 1. The maximum absolute atomic E-state index is 13.7. The molecule has 0 aliphatic carbocycles. The summed E-state index contributed by atoms with van der Waals surface area (Å²) in [5, 5.41) is 10.9. The van der Waals surface area contributed by atoms with E-state index in [4.69, 9.17) is 9.84 Å². The molecule has 12 heteroatoms. The Morgan fingerprint density at radius 3 is 2.16 bits per heavy atom. The predicted molar refractivity (Wildman–Crippen MR) is 100 cm³/mol. The molecule has 1 aromatic heterocycles. The van der Waals surface area contributed by atoms with Crippen LogP contribution in [-0.4, -0.2) is 22.0 Å². The zero-order valence-corrected chi connectivity index (χ0v) is 16.1. The second-order valence-electron chi connectivity index (χ2n) is 6.80. The number of anilines is 1. The summed E-state index contributed by atoms with van der Waals surface area (Å²) in [4.78, 5) is 25.0. The molecule has 0 atom stereocenters. The predicted octanol–water partition coefficient (Wildman–Crippen LogP) is 5.72. The topological polar surface area (TPSA) is 91.4 Å². The van der Waals surface area contributed by atoms with Crippen LogP contribution in [0.25, 0.3) is 10.9 Å². The fourth-order valence-electron chi connectivity index (χ4n) is 3.00. The van der Waals surface area contributed by atoms with E-state index >= 15 is 0 Å². The number of alkyl halides is 6. The Morgan fingerprint density at radius 2 is 1.62 bits per heavy atom. The Labute approximate surface area is 175 Å². The molecule has 3 aromatic rings. The van der Waals surface area contributed by atoms with Crippen molar-refractivity contribution in [3.63, 3.8) is 0 Å². The van der Waals surface area contributed by atoms with E-state index in [1.807, 2.05) is 0 Å². The van der Waals surface area contributed by atoms with E-state index < -0.39 is 53.2 Å². The number of fused-ring (bicyclic) bond motifs is 1. The van der Waals surface area contributed by atoms with Crippen molar-refractivity contribution in [1.29, 1.82) is 0 Å². The fourth-order valence-corrected chi connectivity index (χ4v) is 3.00. The van der Waals surface area contributed by atoms with E-state index in [1.165, 1.54) is 18.2 Å². The van der Waals surface area contributed by atoms with Crippen LogP contribution in [0.2, 0.25) is 0 Å². The van der Waals surface area contributed by atoms with Crippen molar-refractivity contribution in [1.82, 2.24) is 4.98 Å². The van der Waals surface area contributed by atoms with E-state index in [1.54, 1.807) is 18.4 Å². The highest BCUT2D eigenvalue weighted by atomic mass is 19.4. The first-order valence-corrected chi connectivity index (χ1v) is 8.85. The minimum Gasteiger partial charge on any atom is -0.481 e. The van der Waals surface area contributed by atoms with E-state index in [-0.39, 0.29) is 17.9 Å². The highest BCUT2D eigenvalue weighted by Gasteiger charge is 2.43. The van der Waals surface area contributed by atoms with Crippen molar-refractivity contribution in [2.45, 2.75) is 25.7 Å². The Morgan fingerprint density at radius 1 is 1.03 bits per heavy atom. The molecule has 3 N–H and O–H groups in total. The average Bonchev–Trinajstić information content (AvgIpc) is 3.00. The van der Waals surface area contributed by atoms with Crippen LogP contribution in [0.3, 0.4) is 0 Å². The van der Waals surface area contributed by atoms with Crippen LogP contribution < -0.4 is 10.1 Å². The maximum atomic E-state index is 13.7. The van der Waals surface area contributed by atoms with Crippen molar-refractivity contribution in [2.24, 2.45) is 0 Å². The standard InChI is InChI=1S/C20H14F6N2O4/c1-9-8-27-15-3-2-11(6-12(9)15)32-18-13(19(21,22)23)4-10(5-14(18)20(24,25)26)28-16(29)7-17(30)31/h2-6,8,27H,7H2,1H3,(H,28,29)(H,30,31). The van der Waals surface area contributed by atoms with Gasteiger partial charge in [-0.2, -0.15) is 26.3 Å². The zero-order chi connectivity index (χ0) is 23.8. The third kappa shape index (κ3) is 4.95. The average molecular weight is 460 g/mol. The summed E-state index contributed by atoms with van der Waals surface area (Å²) in [7, 11) is 0. The lowest BCUT2D eigenvalue weighted by atomic mass is 10.1. The molecule has 0 fully saturated rings. The van der Waals surface area contributed by atoms with Crippen molar-refractivity contribution >= 4 is 28.5 Å². The molecule has 6 nitrogen and oxygen atoms in total. The van der Waals surface area contributed by atoms with Gasteiger partial charge in [-0.05, 0) is 42.8 Å². The second kappa shape index (κ2) is 8.09. The zero-order valence-electron chi connectivity index (χ0n) is 16.1. The second-order valence-corrected chi connectivity index (χ2v) is 6.80. The number of aliphatic carboxylic acids is 1. The van der Waals surface area contributed by atoms with Gasteiger partial charge >= 0.3 is 18.3 Å². The molecule has 0 saturated heterocycles. The number of benzene rings is 2. The van der Waals surface area contributed by atoms with Gasteiger partial charge in [0.05, 0.1) is 0 Å². The Bertz CT molecular complexity index is 1160. The van der Waals surface area contributed by atoms with Gasteiger partial charge in [-0.3, -0.25) is 9.59 Å². The molecular formula is C20H14F6N2O4. The summed E-state index contributed by atoms with van der Waals surface area (Å²) in [5.74, 6) is -4.65. The molecule has 0 aliphatic heterocycles. The smallest absolute Gasteiger partial charge is 0.420 e. The molecular weight excluding hydrogens is 446 g/mol. The Kier molecular flexibility index (Phi) is 5.81. The largest absolute Gasteiger partial charge is 0.481 e. The molecule has 0 aliphatic rings. The molecule has 0 radical (unpaired) electrons. The maximum Gasteiger partial charge on any atom is 0.420 e. The van der Waals surface area contributed by atoms with Gasteiger partial charge in [0.2, 0.25) is 5.91 Å². The summed E-state index contributed by atoms with van der Waals surface area (Å²) in [6, 6.07) is 4.46. The van der Waals surface area contributed by atoms with Gasteiger partial charge < -0.3 is 20.1 Å². The highest BCUT2D eigenvalue weighted by Crippen LogP contribution is 2.47. The fraction of sp³-hybridized carbons (Fsp3) is 0.200. The molecule has 1 amide bonds. The monoisotopic (exact) mass is 460 g/mol. The number of amides is 1. The lowest BCUT2D eigenvalue weighted by Gasteiger charge is -2.21. The van der Waals surface area contributed by atoms with Crippen molar-refractivity contribution in [3.8, 4) is 11.5 Å². The van der Waals surface area contributed by atoms with Gasteiger partial charge in [-0.1, -0.05) is 0 Å². The number of carboxylic acids is 1. The molecule has 1 heterocycles. The third-order valence-electron chi connectivity index (χ3n) is 4.38. The molecule has 32 heavy (non-hydrogen) atoms. The SMILES string of the molecule is Cc1c[nH]c2ccc(Oc3c(C(F)(F)F)cc(NC(=O)CC(=O)O)cc3C(F)(F)F)cc12. The Balaban J connectivity index is 2.14. The van der Waals surface area contributed by atoms with Crippen LogP contribution >= 0.6 is 0 Å². The minimum atomic E-state index is -5.28. The van der Waals surface area contributed by atoms with Crippen molar-refractivity contribution < 1.29 is 45.8 Å². The first-order chi connectivity index (χ1) is 14.8. The highest BCUT2D eigenvalue weighted by molar-refractivity contribution is 6.01. The van der Waals surface area contributed by atoms with Crippen LogP contribution in [0.4, 0.5) is 32.0 Å². The van der Waals surface area contributed by atoms with Crippen LogP contribution in [0.5, 0.6) is 11.5 Å². The van der Waals surface area contributed by atoms with Gasteiger partial charge in [-0.25, -0.2) is 0 Å². The third-order valence-corrected chi connectivity index (χ3v) is 4.38. The number of ether oxygens (including phenoxy) is 1. The summed E-state index contributed by atoms with van der Waals surface area (Å²) in [6.45, 7) is 1.69. The lowest BCUT2D eigenvalue weighted by molar-refractivity contribution is -0.145. The Hall–Kier alpha value is -3.70. The number of rotatable bonds is 5. The van der Waals surface area contributed by atoms with E-state index in [2.05, 4.69) is 4.98 Å². The van der Waals surface area contributed by atoms with E-state index in [0.29, 0.717) is 16.5 Å². The molecule has 2 aromatic carbocycles. The van der Waals surface area contributed by atoms with Gasteiger partial charge in [0.25, 0.3) is 0 Å². The summed E-state index contributed by atoms with van der Waals surface area (Å²) in [5.41, 5.74) is -3.14. The number of carbonyl (C=O) groups is 2. The number of carboxylic acid groups (broad SMARTS) is 1. The summed E-state index contributed by atoms with van der Waals surface area (Å²) < 4.78 is 87.0. The normalized spacial score (nSPS) is 12.1. The lowest BCUT2D eigenvalue weighted by Crippen LogP contribution is -2.19. The number of hydrogen-bond donors (Lipinski definition) is 3. The number of halogens is 6. The molecule has 170 valence electrons. The van der Waals surface area contributed by atoms with Gasteiger partial charge in [0.1, 0.15) is 23.3 Å². The molecule has 0 saturated carbocycles. The summed E-state index contributed by atoms with van der Waals surface area (Å²) in [6.07, 6.45) is -10.1. The van der Waals surface area contributed by atoms with Crippen LogP contribution in [0.15, 0.2) is 36.5 Å². The molecule has 0 bridgehead atoms. The van der Waals surface area contributed by atoms with Gasteiger partial charge in [-0.15, -0.1) is 0 Å². The van der Waals surface area contributed by atoms with Crippen molar-refractivity contribution in [3.05, 3.63) is 53.2 Å². The van der Waals surface area contributed by atoms with Gasteiger partial charge in [0.15, 0.2) is 5.75 Å². The number of carbonyl (C=O) groups excluding carboxylic acids is 1. The van der Waals surface area contributed by atoms with Crippen molar-refractivity contribution in [2.75, 3.05) is 5.32 Å². The number of nitrogens with one attached hydrogen (secondary N) is 2. The van der Waals surface area contributed by atoms with Gasteiger partial charge in [0, 0.05) is 22.8 Å². The molecule has 0 spiro atoms. The molecule has 3 rings (SSSR count). The number of aromatic amines is 1. The van der Waals surface area contributed by atoms with Crippen LogP contribution in [0, 0.1) is 6.92 Å². The minimum absolute atomic E-state index is 0.254. The molecule has 0 unspecified atom stereocenters. The van der Waals surface area contributed by atoms with E-state index in [0.717, 1.165) is 0 Å². The first-order valence-electron chi connectivity index (χ1n) is 8.85. The van der Waals surface area contributed by atoms with Crippen LogP contribution in [0.1, 0.15) is 23.1 Å². The van der Waals surface area contributed by atoms with Crippen LogP contribution in [-0.2, 0) is 21.9 Å². The van der Waals surface area contributed by atoms with E-state index in [9.17, 15) is 35.9 Å². The summed E-state index contributed by atoms with van der Waals surface area (Å²) >= 11 is 0. The number of H-pyrrole nitrogens is 1. The number of hydrogen-bond acceptors (Lipinski definition) is 3. The first kappa shape index (κ1) is 23.0. The quantitative estimate of drug-likeness (QED) is 0.336.